The Kier molecular flexibility index (Phi) is 7.03. The van der Waals surface area contributed by atoms with Crippen molar-refractivity contribution in [2.45, 2.75) is 64.7 Å². The van der Waals surface area contributed by atoms with Crippen molar-refractivity contribution in [2.75, 3.05) is 6.54 Å². The molecule has 1 aromatic rings. The molecule has 0 aromatic heterocycles. The van der Waals surface area contributed by atoms with Gasteiger partial charge < -0.3 is 10.6 Å². The van der Waals surface area contributed by atoms with E-state index < -0.39 is 22.4 Å². The van der Waals surface area contributed by atoms with Gasteiger partial charge in [-0.2, -0.15) is 13.2 Å². The molecule has 0 saturated heterocycles. The van der Waals surface area contributed by atoms with Crippen LogP contribution in [0, 0.1) is 16.0 Å². The Hall–Kier alpha value is -2.16. The molecule has 2 N–H and O–H groups in total. The van der Waals surface area contributed by atoms with E-state index in [1.165, 1.54) is 11.3 Å². The van der Waals surface area contributed by atoms with E-state index in [4.69, 9.17) is 5.73 Å². The van der Waals surface area contributed by atoms with Crippen LogP contribution < -0.4 is 5.73 Å². The maximum Gasteiger partial charge on any atom is 0.416 e. The SMILES string of the molecule is CCC.NC1CCC(C(=O)N2CCc3c(cc(C(F)(F)F)cc3[N+](=O)[O-])C2)C1. The fourth-order valence-corrected chi connectivity index (χ4v) is 3.69. The van der Waals surface area contributed by atoms with Gasteiger partial charge in [0.1, 0.15) is 0 Å². The van der Waals surface area contributed by atoms with E-state index in [0.29, 0.717) is 18.9 Å². The van der Waals surface area contributed by atoms with E-state index in [-0.39, 0.29) is 48.5 Å². The van der Waals surface area contributed by atoms with Gasteiger partial charge in [0, 0.05) is 36.7 Å². The molecule has 6 nitrogen and oxygen atoms in total. The normalized spacial score (nSPS) is 21.6. The Morgan fingerprint density at radius 3 is 2.46 bits per heavy atom. The van der Waals surface area contributed by atoms with Gasteiger partial charge in [-0.15, -0.1) is 0 Å². The standard InChI is InChI=1S/C16H18F3N3O3.C3H8/c17-16(18,19)11-5-10-8-21(15(23)9-1-2-12(20)6-9)4-3-13(10)14(7-11)22(24)25;1-3-2/h5,7,9,12H,1-4,6,8,20H2;3H2,1-2H3. The van der Waals surface area contributed by atoms with Gasteiger partial charge in [0.15, 0.2) is 0 Å². The van der Waals surface area contributed by atoms with Gasteiger partial charge in [-0.05, 0) is 37.3 Å². The van der Waals surface area contributed by atoms with E-state index in [9.17, 15) is 28.1 Å². The van der Waals surface area contributed by atoms with Crippen molar-refractivity contribution < 1.29 is 22.9 Å². The molecule has 1 aliphatic heterocycles. The largest absolute Gasteiger partial charge is 0.416 e. The summed E-state index contributed by atoms with van der Waals surface area (Å²) in [7, 11) is 0. The molecule has 2 unspecified atom stereocenters. The number of amides is 1. The van der Waals surface area contributed by atoms with Gasteiger partial charge in [-0.25, -0.2) is 0 Å². The van der Waals surface area contributed by atoms with E-state index >= 15 is 0 Å². The molecule has 1 aromatic carbocycles. The second-order valence-electron chi connectivity index (χ2n) is 7.37. The van der Waals surface area contributed by atoms with Crippen molar-refractivity contribution in [2.24, 2.45) is 11.7 Å². The summed E-state index contributed by atoms with van der Waals surface area (Å²) in [5.74, 6) is -0.337. The summed E-state index contributed by atoms with van der Waals surface area (Å²) in [4.78, 5) is 24.4. The van der Waals surface area contributed by atoms with Gasteiger partial charge in [0.25, 0.3) is 5.69 Å². The lowest BCUT2D eigenvalue weighted by Crippen LogP contribution is -2.39. The lowest BCUT2D eigenvalue weighted by atomic mass is 9.94. The number of benzene rings is 1. The lowest BCUT2D eigenvalue weighted by molar-refractivity contribution is -0.385. The fourth-order valence-electron chi connectivity index (χ4n) is 3.69. The van der Waals surface area contributed by atoms with E-state index in [1.807, 2.05) is 0 Å². The summed E-state index contributed by atoms with van der Waals surface area (Å²) < 4.78 is 39.1. The highest BCUT2D eigenvalue weighted by Crippen LogP contribution is 2.37. The average molecular weight is 401 g/mol. The Morgan fingerprint density at radius 1 is 1.32 bits per heavy atom. The molecule has 3 rings (SSSR count). The molecule has 1 saturated carbocycles. The molecule has 1 amide bonds. The molecule has 2 aliphatic rings. The van der Waals surface area contributed by atoms with Crippen LogP contribution in [0.1, 0.15) is 56.2 Å². The molecular formula is C19H26F3N3O3. The number of hydrogen-bond donors (Lipinski definition) is 1. The highest BCUT2D eigenvalue weighted by Gasteiger charge is 2.37. The van der Waals surface area contributed by atoms with Crippen molar-refractivity contribution in [1.82, 2.24) is 4.90 Å². The zero-order chi connectivity index (χ0) is 21.1. The molecule has 0 spiro atoms. The maximum absolute atomic E-state index is 13.0. The minimum Gasteiger partial charge on any atom is -0.338 e. The van der Waals surface area contributed by atoms with E-state index in [0.717, 1.165) is 12.5 Å². The minimum absolute atomic E-state index is 0.0241. The first-order chi connectivity index (χ1) is 13.1. The number of nitro benzene ring substituents is 1. The second kappa shape index (κ2) is 8.89. The molecule has 2 atom stereocenters. The number of nitro groups is 1. The van der Waals surface area contributed by atoms with Crippen LogP contribution >= 0.6 is 0 Å². The number of rotatable bonds is 2. The minimum atomic E-state index is -4.68. The molecule has 9 heteroatoms. The number of carbonyl (C=O) groups is 1. The predicted octanol–water partition coefficient (Wildman–Crippen LogP) is 4.04. The topological polar surface area (TPSA) is 89.5 Å². The number of halogens is 3. The number of nitrogens with two attached hydrogens (primary N) is 1. The smallest absolute Gasteiger partial charge is 0.338 e. The summed E-state index contributed by atoms with van der Waals surface area (Å²) >= 11 is 0. The summed E-state index contributed by atoms with van der Waals surface area (Å²) in [6.45, 7) is 4.48. The van der Waals surface area contributed by atoms with E-state index in [1.54, 1.807) is 0 Å². The highest BCUT2D eigenvalue weighted by atomic mass is 19.4. The first-order valence-corrected chi connectivity index (χ1v) is 9.50. The molecule has 1 fully saturated rings. The second-order valence-corrected chi connectivity index (χ2v) is 7.37. The van der Waals surface area contributed by atoms with Crippen LogP contribution in [0.25, 0.3) is 0 Å². The van der Waals surface area contributed by atoms with Gasteiger partial charge in [-0.3, -0.25) is 14.9 Å². The third kappa shape index (κ3) is 5.01. The number of carbonyl (C=O) groups excluding carboxylic acids is 1. The number of hydrogen-bond acceptors (Lipinski definition) is 4. The van der Waals surface area contributed by atoms with Crippen LogP contribution in [0.2, 0.25) is 0 Å². The lowest BCUT2D eigenvalue weighted by Gasteiger charge is -2.31. The third-order valence-electron chi connectivity index (χ3n) is 4.97. The zero-order valence-corrected chi connectivity index (χ0v) is 16.1. The van der Waals surface area contributed by atoms with Crippen molar-refractivity contribution in [1.29, 1.82) is 0 Å². The van der Waals surface area contributed by atoms with Gasteiger partial charge >= 0.3 is 6.18 Å². The number of alkyl halides is 3. The summed E-state index contributed by atoms with van der Waals surface area (Å²) in [5, 5.41) is 11.2. The van der Waals surface area contributed by atoms with E-state index in [2.05, 4.69) is 13.8 Å². The molecule has 0 radical (unpaired) electrons. The quantitative estimate of drug-likeness (QED) is 0.598. The van der Waals surface area contributed by atoms with Crippen molar-refractivity contribution in [3.63, 3.8) is 0 Å². The first-order valence-electron chi connectivity index (χ1n) is 9.50. The Balaban J connectivity index is 0.000000878. The van der Waals surface area contributed by atoms with Crippen LogP contribution in [-0.2, 0) is 23.9 Å². The maximum atomic E-state index is 13.0. The zero-order valence-electron chi connectivity index (χ0n) is 16.1. The average Bonchev–Trinajstić information content (AvgIpc) is 3.05. The monoisotopic (exact) mass is 401 g/mol. The molecule has 28 heavy (non-hydrogen) atoms. The summed E-state index contributed by atoms with van der Waals surface area (Å²) in [6.07, 6.45) is -1.25. The third-order valence-corrected chi connectivity index (χ3v) is 4.97. The number of nitrogens with zero attached hydrogens (tertiary/aromatic N) is 2. The van der Waals surface area contributed by atoms with Crippen LogP contribution in [0.3, 0.4) is 0 Å². The molecule has 0 bridgehead atoms. The Morgan fingerprint density at radius 2 is 1.96 bits per heavy atom. The first kappa shape index (κ1) is 22.1. The molecule has 1 heterocycles. The molecular weight excluding hydrogens is 375 g/mol. The predicted molar refractivity (Wildman–Crippen MR) is 98.5 cm³/mol. The molecule has 1 aliphatic carbocycles. The summed E-state index contributed by atoms with van der Waals surface area (Å²) in [5.41, 5.74) is 4.71. The number of fused-ring (bicyclic) bond motifs is 1. The Bertz CT molecular complexity index is 737. The van der Waals surface area contributed by atoms with Gasteiger partial charge in [0.2, 0.25) is 5.91 Å². The highest BCUT2D eigenvalue weighted by molar-refractivity contribution is 5.79. The Labute approximate surface area is 162 Å². The van der Waals surface area contributed by atoms with Crippen LogP contribution in [0.5, 0.6) is 0 Å². The van der Waals surface area contributed by atoms with Crippen LogP contribution in [-0.4, -0.2) is 28.3 Å². The van der Waals surface area contributed by atoms with Crippen molar-refractivity contribution in [3.05, 3.63) is 38.9 Å². The van der Waals surface area contributed by atoms with Crippen LogP contribution in [0.15, 0.2) is 12.1 Å². The van der Waals surface area contributed by atoms with Crippen molar-refractivity contribution >= 4 is 11.6 Å². The fraction of sp³-hybridized carbons (Fsp3) is 0.632. The van der Waals surface area contributed by atoms with Gasteiger partial charge in [-0.1, -0.05) is 20.3 Å². The summed E-state index contributed by atoms with van der Waals surface area (Å²) in [6, 6.07) is 1.47. The van der Waals surface area contributed by atoms with Crippen LogP contribution in [0.4, 0.5) is 18.9 Å². The van der Waals surface area contributed by atoms with Gasteiger partial charge in [0.05, 0.1) is 10.5 Å². The van der Waals surface area contributed by atoms with Crippen molar-refractivity contribution in [3.8, 4) is 0 Å². The molecule has 156 valence electrons.